The highest BCUT2D eigenvalue weighted by molar-refractivity contribution is 5.25. The normalized spacial score (nSPS) is 23.9. The van der Waals surface area contributed by atoms with Crippen LogP contribution in [0.1, 0.15) is 46.6 Å². The van der Waals surface area contributed by atoms with E-state index < -0.39 is 0 Å². The molecule has 0 spiro atoms. The van der Waals surface area contributed by atoms with Gasteiger partial charge in [0.25, 0.3) is 0 Å². The van der Waals surface area contributed by atoms with Crippen LogP contribution in [-0.2, 0) is 11.3 Å². The molecule has 1 fully saturated rings. The van der Waals surface area contributed by atoms with Crippen LogP contribution in [-0.4, -0.2) is 29.8 Å². The van der Waals surface area contributed by atoms with Gasteiger partial charge in [0.1, 0.15) is 0 Å². The van der Waals surface area contributed by atoms with Crippen molar-refractivity contribution in [2.45, 2.75) is 65.8 Å². The van der Waals surface area contributed by atoms with Gasteiger partial charge in [0.05, 0.1) is 12.2 Å². The number of nitrogens with one attached hydrogen (secondary N) is 1. The largest absolute Gasteiger partial charge is 0.475 e. The fraction of sp³-hybridized carbons (Fsp3) is 0.706. The summed E-state index contributed by atoms with van der Waals surface area (Å²) < 4.78 is 11.5. The summed E-state index contributed by atoms with van der Waals surface area (Å²) in [5.74, 6) is 0.735. The van der Waals surface area contributed by atoms with Gasteiger partial charge in [-0.15, -0.1) is 0 Å². The smallest absolute Gasteiger partial charge is 0.218 e. The molecule has 1 heterocycles. The molecular formula is C17H28N2O2. The lowest BCUT2D eigenvalue weighted by Gasteiger charge is -2.52. The summed E-state index contributed by atoms with van der Waals surface area (Å²) in [6.07, 6.45) is 3.35. The lowest BCUT2D eigenvalue weighted by atomic mass is 9.64. The molecule has 4 heteroatoms. The van der Waals surface area contributed by atoms with E-state index in [1.807, 2.05) is 19.9 Å². The maximum Gasteiger partial charge on any atom is 0.218 e. The van der Waals surface area contributed by atoms with E-state index in [0.29, 0.717) is 12.1 Å². The predicted molar refractivity (Wildman–Crippen MR) is 84.4 cm³/mol. The molecule has 1 aromatic heterocycles. The first-order chi connectivity index (χ1) is 9.95. The highest BCUT2D eigenvalue weighted by Gasteiger charge is 2.48. The van der Waals surface area contributed by atoms with Crippen LogP contribution < -0.4 is 10.1 Å². The maximum atomic E-state index is 5.77. The van der Waals surface area contributed by atoms with Gasteiger partial charge < -0.3 is 14.8 Å². The van der Waals surface area contributed by atoms with Crippen LogP contribution in [0.3, 0.4) is 0 Å². The Kier molecular flexibility index (Phi) is 5.22. The minimum absolute atomic E-state index is 0.140. The second-order valence-corrected chi connectivity index (χ2v) is 6.57. The molecule has 0 radical (unpaired) electrons. The van der Waals surface area contributed by atoms with Crippen LogP contribution in [0, 0.1) is 5.41 Å². The molecule has 1 aliphatic carbocycles. The van der Waals surface area contributed by atoms with Crippen molar-refractivity contribution in [3.8, 4) is 5.88 Å². The van der Waals surface area contributed by atoms with Crippen molar-refractivity contribution in [1.29, 1.82) is 0 Å². The molecule has 1 aromatic rings. The number of pyridine rings is 1. The van der Waals surface area contributed by atoms with Crippen molar-refractivity contribution in [2.24, 2.45) is 5.41 Å². The van der Waals surface area contributed by atoms with Gasteiger partial charge in [-0.1, -0.05) is 19.9 Å². The average Bonchev–Trinajstić information content (AvgIpc) is 2.43. The van der Waals surface area contributed by atoms with Gasteiger partial charge >= 0.3 is 0 Å². The van der Waals surface area contributed by atoms with Crippen molar-refractivity contribution in [3.05, 3.63) is 23.9 Å². The van der Waals surface area contributed by atoms with E-state index in [1.54, 1.807) is 6.20 Å². The fourth-order valence-electron chi connectivity index (χ4n) is 2.84. The minimum Gasteiger partial charge on any atom is -0.475 e. The number of nitrogens with zero attached hydrogens (tertiary/aromatic N) is 1. The molecule has 2 rings (SSSR count). The Hall–Kier alpha value is -1.13. The maximum absolute atomic E-state index is 5.77. The van der Waals surface area contributed by atoms with Gasteiger partial charge in [-0.3, -0.25) is 0 Å². The molecule has 0 bridgehead atoms. The summed E-state index contributed by atoms with van der Waals surface area (Å²) >= 11 is 0. The van der Waals surface area contributed by atoms with Gasteiger partial charge in [-0.05, 0) is 33.3 Å². The molecule has 2 unspecified atom stereocenters. The second kappa shape index (κ2) is 6.75. The van der Waals surface area contributed by atoms with Crippen molar-refractivity contribution in [2.75, 3.05) is 6.61 Å². The zero-order valence-corrected chi connectivity index (χ0v) is 13.8. The Labute approximate surface area is 128 Å². The van der Waals surface area contributed by atoms with Crippen molar-refractivity contribution >= 4 is 0 Å². The van der Waals surface area contributed by atoms with Crippen LogP contribution in [0.2, 0.25) is 0 Å². The highest BCUT2D eigenvalue weighted by Crippen LogP contribution is 2.42. The molecule has 0 aromatic carbocycles. The third-order valence-electron chi connectivity index (χ3n) is 4.28. The van der Waals surface area contributed by atoms with Gasteiger partial charge in [0.2, 0.25) is 5.88 Å². The summed E-state index contributed by atoms with van der Waals surface area (Å²) in [4.78, 5) is 4.33. The fourth-order valence-corrected chi connectivity index (χ4v) is 2.84. The summed E-state index contributed by atoms with van der Waals surface area (Å²) in [5.41, 5.74) is 1.29. The van der Waals surface area contributed by atoms with E-state index in [9.17, 15) is 0 Å². The summed E-state index contributed by atoms with van der Waals surface area (Å²) in [6, 6.07) is 4.50. The second-order valence-electron chi connectivity index (χ2n) is 6.57. The number of hydrogen-bond acceptors (Lipinski definition) is 4. The van der Waals surface area contributed by atoms with E-state index >= 15 is 0 Å². The summed E-state index contributed by atoms with van der Waals surface area (Å²) in [7, 11) is 0. The zero-order chi connectivity index (χ0) is 15.5. The van der Waals surface area contributed by atoms with Crippen LogP contribution in [0.15, 0.2) is 18.3 Å². The zero-order valence-electron chi connectivity index (χ0n) is 13.8. The van der Waals surface area contributed by atoms with Gasteiger partial charge in [-0.2, -0.15) is 0 Å². The monoisotopic (exact) mass is 292 g/mol. The lowest BCUT2D eigenvalue weighted by molar-refractivity contribution is -0.114. The van der Waals surface area contributed by atoms with E-state index in [4.69, 9.17) is 9.47 Å². The molecule has 1 N–H and O–H groups in total. The van der Waals surface area contributed by atoms with E-state index in [2.05, 4.69) is 37.1 Å². The highest BCUT2D eigenvalue weighted by atomic mass is 16.5. The van der Waals surface area contributed by atoms with Crippen LogP contribution in [0.25, 0.3) is 0 Å². The van der Waals surface area contributed by atoms with Crippen molar-refractivity contribution in [3.63, 3.8) is 0 Å². The Bertz CT molecular complexity index is 460. The summed E-state index contributed by atoms with van der Waals surface area (Å²) in [6.45, 7) is 12.2. The summed E-state index contributed by atoms with van der Waals surface area (Å²) in [5, 5.41) is 3.63. The molecule has 0 amide bonds. The molecule has 21 heavy (non-hydrogen) atoms. The molecule has 0 saturated heterocycles. The Morgan fingerprint density at radius 2 is 2.19 bits per heavy atom. The van der Waals surface area contributed by atoms with Crippen LogP contribution in [0.5, 0.6) is 5.88 Å². The van der Waals surface area contributed by atoms with Gasteiger partial charge in [0, 0.05) is 36.4 Å². The molecule has 1 saturated carbocycles. The van der Waals surface area contributed by atoms with E-state index in [1.165, 1.54) is 0 Å². The van der Waals surface area contributed by atoms with E-state index in [-0.39, 0.29) is 11.5 Å². The standard InChI is InChI=1S/C17H28N2O2/c1-6-20-15-10-14(17(15,4)5)19-11-13-8-7-9-18-16(13)21-12(2)3/h7-9,12,14-15,19H,6,10-11H2,1-5H3. The SMILES string of the molecule is CCOC1CC(NCc2cccnc2OC(C)C)C1(C)C. The molecule has 0 aliphatic heterocycles. The molecule has 4 nitrogen and oxygen atoms in total. The molecular weight excluding hydrogens is 264 g/mol. The third kappa shape index (κ3) is 3.74. The van der Waals surface area contributed by atoms with Crippen molar-refractivity contribution < 1.29 is 9.47 Å². The number of hydrogen-bond donors (Lipinski definition) is 1. The topological polar surface area (TPSA) is 43.4 Å². The van der Waals surface area contributed by atoms with E-state index in [0.717, 1.165) is 31.0 Å². The van der Waals surface area contributed by atoms with Crippen LogP contribution >= 0.6 is 0 Å². The first-order valence-electron chi connectivity index (χ1n) is 7.90. The Morgan fingerprint density at radius 1 is 1.43 bits per heavy atom. The number of ether oxygens (including phenoxy) is 2. The van der Waals surface area contributed by atoms with Crippen LogP contribution in [0.4, 0.5) is 0 Å². The minimum atomic E-state index is 0.140. The first kappa shape index (κ1) is 16.2. The first-order valence-corrected chi connectivity index (χ1v) is 7.90. The Morgan fingerprint density at radius 3 is 2.81 bits per heavy atom. The quantitative estimate of drug-likeness (QED) is 0.838. The van der Waals surface area contributed by atoms with Gasteiger partial charge in [-0.25, -0.2) is 4.98 Å². The van der Waals surface area contributed by atoms with Crippen molar-refractivity contribution in [1.82, 2.24) is 10.3 Å². The van der Waals surface area contributed by atoms with Gasteiger partial charge in [0.15, 0.2) is 0 Å². The molecule has 2 atom stereocenters. The average molecular weight is 292 g/mol. The number of rotatable bonds is 7. The number of aromatic nitrogens is 1. The lowest BCUT2D eigenvalue weighted by Crippen LogP contribution is -2.60. The predicted octanol–water partition coefficient (Wildman–Crippen LogP) is 3.16. The molecule has 1 aliphatic rings. The Balaban J connectivity index is 1.92. The third-order valence-corrected chi connectivity index (χ3v) is 4.28. The molecule has 118 valence electrons.